The zero-order valence-electron chi connectivity index (χ0n) is 59.3. The Labute approximate surface area is 555 Å². The predicted molar refractivity (Wildman–Crippen MR) is 377 cm³/mol. The number of aliphatic hydroxyl groups is 2. The number of nitrogens with two attached hydrogens (primary N) is 4. The number of ketones is 1. The summed E-state index contributed by atoms with van der Waals surface area (Å²) >= 11 is 0. The zero-order valence-corrected chi connectivity index (χ0v) is 60.1. The summed E-state index contributed by atoms with van der Waals surface area (Å²) in [6, 6.07) is 0. The van der Waals surface area contributed by atoms with Crippen LogP contribution in [0.5, 0.6) is 0 Å². The number of allylic oxidation sites excluding steroid dienone is 2. The molecule has 6 aromatic heterocycles. The van der Waals surface area contributed by atoms with Gasteiger partial charge < -0.3 is 76.2 Å². The number of aliphatic hydroxyl groups excluding tert-OH is 2. The maximum absolute atomic E-state index is 10.6. The summed E-state index contributed by atoms with van der Waals surface area (Å²) in [5, 5.41) is 22.6. The van der Waals surface area contributed by atoms with Crippen LogP contribution in [0.15, 0.2) is 84.3 Å². The van der Waals surface area contributed by atoms with Gasteiger partial charge in [0.2, 0.25) is 33.6 Å². The molecule has 0 saturated heterocycles. The van der Waals surface area contributed by atoms with Crippen molar-refractivity contribution >= 4 is 57.0 Å². The number of aryl methyl sites for hydroxylation is 1. The quantitative estimate of drug-likeness (QED) is 0.0265. The fourth-order valence-corrected chi connectivity index (χ4v) is 6.03. The van der Waals surface area contributed by atoms with E-state index in [0.29, 0.717) is 114 Å². The molecule has 28 heteroatoms. The van der Waals surface area contributed by atoms with Gasteiger partial charge in [-0.3, -0.25) is 9.52 Å². The molecule has 1 aliphatic rings. The number of nitrogen functional groups attached to an aromatic ring is 3. The van der Waals surface area contributed by atoms with Crippen LogP contribution in [0, 0.1) is 30.6 Å². The van der Waals surface area contributed by atoms with E-state index < -0.39 is 10.0 Å². The van der Waals surface area contributed by atoms with Crippen LogP contribution in [0.4, 0.5) is 29.4 Å². The largest absolute Gasteiger partial charge is 0.425 e. The van der Waals surface area contributed by atoms with E-state index in [0.717, 1.165) is 35.4 Å². The number of ether oxygens (including phenoxy) is 1. The number of carbonyl (C=O) groups is 2. The molecule has 0 amide bonds. The third-order valence-electron chi connectivity index (χ3n) is 11.3. The number of H-pyrrole nitrogens is 2. The van der Waals surface area contributed by atoms with E-state index in [1.807, 2.05) is 103 Å². The highest BCUT2D eigenvalue weighted by Gasteiger charge is 2.18. The Balaban J connectivity index is -0.000000475. The number of rotatable bonds is 19. The molecule has 27 nitrogen and oxygen atoms in total. The van der Waals surface area contributed by atoms with Crippen LogP contribution < -0.4 is 38.3 Å². The van der Waals surface area contributed by atoms with Crippen molar-refractivity contribution in [1.29, 1.82) is 0 Å². The van der Waals surface area contributed by atoms with E-state index in [9.17, 15) is 18.0 Å². The minimum absolute atomic E-state index is 0. The number of nitrogens with one attached hydrogen (secondary N) is 5. The van der Waals surface area contributed by atoms with Gasteiger partial charge in [0.25, 0.3) is 0 Å². The molecule has 0 aromatic carbocycles. The third-order valence-corrected chi connectivity index (χ3v) is 11.9. The Hall–Kier alpha value is -7.82. The number of imidazole rings is 2. The lowest BCUT2D eigenvalue weighted by Gasteiger charge is -2.09. The van der Waals surface area contributed by atoms with Crippen molar-refractivity contribution < 1.29 is 50.6 Å². The molecule has 0 spiro atoms. The molecule has 7 rings (SSSR count). The lowest BCUT2D eigenvalue weighted by molar-refractivity contribution is -0.132. The van der Waals surface area contributed by atoms with E-state index in [-0.39, 0.29) is 56.7 Å². The molecule has 0 aliphatic carbocycles. The van der Waals surface area contributed by atoms with Gasteiger partial charge in [0.1, 0.15) is 30.6 Å². The Morgan fingerprint density at radius 2 is 0.989 bits per heavy atom. The van der Waals surface area contributed by atoms with Crippen molar-refractivity contribution in [2.45, 2.75) is 195 Å². The van der Waals surface area contributed by atoms with Gasteiger partial charge in [0.05, 0.1) is 43.8 Å². The Morgan fingerprint density at radius 3 is 1.17 bits per heavy atom. The average molecular weight is 1330 g/mol. The summed E-state index contributed by atoms with van der Waals surface area (Å²) in [6.07, 6.45) is 11.0. The van der Waals surface area contributed by atoms with Gasteiger partial charge in [-0.25, -0.2) is 48.1 Å². The number of hydrogen-bond donors (Lipinski definition) is 11. The molecule has 0 bridgehead atoms. The number of aliphatic imine (C=N–C) groups is 1. The standard InChI is InChI=1S/C8H15N3O.C8H14N2O2.C7H12N2.C6H11N3.2C6H10N2O.C6H13NO2S.C6H9NO2.C6H12.C5H10O2.CH4/c1-6(2)8-11-5-7(12-8)10-4-3-9;1-6(2)8-10-5-7(12-8)9-3-4-11;1-5(2)7-8-4-6(3)9-7;3*1-4(2)6-8-3-5(7)9-6;1-5(2)6(3)7-10(4,8)9;1-4(2)6-7-3-5(8)9-6;1-5(2)6(3)4;1-4(2)5(7)3-6;/h5-6,10H,3-4,9H2,1-2H3;5-6,9,11H,3-4H2,1-2H3;4-5H,1-3H3,(H,8,9);3-4H,7H2,1-2H3,(H,8,9);2*3-4H,7H2,1-2H3;5,7H,3H2,1-2,4H3;4H,3H2,1-2H3;6H,1H2,2-4H3;4,6H,3H2,1-2H3;1H4. The second kappa shape index (κ2) is 49.8. The van der Waals surface area contributed by atoms with Crippen molar-refractivity contribution in [2.24, 2.45) is 34.4 Å². The third kappa shape index (κ3) is 46.8. The summed E-state index contributed by atoms with van der Waals surface area (Å²) in [6.45, 7) is 53.1. The SMILES string of the molecule is C.C=C(C)C(C)C.C=C(NS(C)(=O)=O)C(C)C.CC(C)C(=O)CO.CC(C)C1=NCC(=O)O1.CC(C)c1ncc(N)[nH]1.CC(C)c1ncc(N)o1.CC(C)c1ncc(N)o1.CC(C)c1ncc(NCCN)o1.CC(C)c1ncc(NCCO)o1.Cc1cnc(C(C)C)[nH]1. The lowest BCUT2D eigenvalue weighted by Crippen LogP contribution is -2.23. The number of aromatic nitrogens is 8. The molecular weight excluding hydrogens is 1210 g/mol. The van der Waals surface area contributed by atoms with E-state index in [1.165, 1.54) is 18.0 Å². The summed E-state index contributed by atoms with van der Waals surface area (Å²) in [7, 11) is -3.12. The highest BCUT2D eigenvalue weighted by atomic mass is 32.2. The fraction of sp³-hybridized carbons (Fsp3) is 0.615. The number of carbonyl (C=O) groups excluding carboxylic acids is 2. The first-order valence-electron chi connectivity index (χ1n) is 30.8. The van der Waals surface area contributed by atoms with E-state index in [1.54, 1.807) is 32.4 Å². The van der Waals surface area contributed by atoms with E-state index in [2.05, 4.69) is 115 Å². The molecule has 0 atom stereocenters. The number of esters is 1. The van der Waals surface area contributed by atoms with Gasteiger partial charge in [0.15, 0.2) is 35.2 Å². The summed E-state index contributed by atoms with van der Waals surface area (Å²) in [4.78, 5) is 54.8. The van der Waals surface area contributed by atoms with Gasteiger partial charge in [0, 0.05) is 84.6 Å². The zero-order chi connectivity index (χ0) is 71.6. The second-order valence-electron chi connectivity index (χ2n) is 23.9. The number of nitrogens with zero attached hydrogens (tertiary/aromatic N) is 7. The maximum atomic E-state index is 10.6. The predicted octanol–water partition coefficient (Wildman–Crippen LogP) is 12.4. The smallest absolute Gasteiger partial charge is 0.334 e. The topological polar surface area (TPSA) is 432 Å². The van der Waals surface area contributed by atoms with Crippen LogP contribution in [0.2, 0.25) is 0 Å². The lowest BCUT2D eigenvalue weighted by atomic mass is 10.1. The van der Waals surface area contributed by atoms with Crippen LogP contribution in [0.1, 0.15) is 229 Å². The number of oxazole rings is 4. The molecule has 0 saturated carbocycles. The first-order chi connectivity index (χ1) is 42.6. The van der Waals surface area contributed by atoms with Crippen LogP contribution >= 0.6 is 0 Å². The fourth-order valence-electron chi connectivity index (χ4n) is 5.32. The number of hydrogen-bond acceptors (Lipinski definition) is 24. The van der Waals surface area contributed by atoms with Gasteiger partial charge in [-0.2, -0.15) is 0 Å². The van der Waals surface area contributed by atoms with E-state index in [4.69, 9.17) is 55.6 Å². The van der Waals surface area contributed by atoms with Crippen molar-refractivity contribution in [3.8, 4) is 0 Å². The summed E-state index contributed by atoms with van der Waals surface area (Å²) in [5.74, 6) is 11.1. The van der Waals surface area contributed by atoms with Gasteiger partial charge in [-0.15, -0.1) is 0 Å². The van der Waals surface area contributed by atoms with Crippen LogP contribution in [0.3, 0.4) is 0 Å². The molecule has 0 unspecified atom stereocenters. The Morgan fingerprint density at radius 1 is 0.591 bits per heavy atom. The van der Waals surface area contributed by atoms with Crippen molar-refractivity contribution in [1.82, 2.24) is 44.6 Å². The first kappa shape index (κ1) is 91.6. The average Bonchev–Trinajstić information content (AvgIpc) is 3.92. The maximum Gasteiger partial charge on any atom is 0.334 e. The monoisotopic (exact) mass is 1330 g/mol. The number of anilines is 5. The first-order valence-corrected chi connectivity index (χ1v) is 32.7. The van der Waals surface area contributed by atoms with Crippen molar-refractivity contribution in [3.05, 3.63) is 103 Å². The minimum Gasteiger partial charge on any atom is -0.425 e. The summed E-state index contributed by atoms with van der Waals surface area (Å²) in [5.41, 5.74) is 24.2. The highest BCUT2D eigenvalue weighted by Crippen LogP contribution is 2.19. The van der Waals surface area contributed by atoms with Gasteiger partial charge in [-0.1, -0.05) is 165 Å². The molecule has 532 valence electrons. The molecule has 0 fully saturated rings. The number of sulfonamides is 1. The molecule has 93 heavy (non-hydrogen) atoms. The van der Waals surface area contributed by atoms with Crippen molar-refractivity contribution in [3.63, 3.8) is 0 Å². The van der Waals surface area contributed by atoms with Crippen LogP contribution in [-0.2, 0) is 24.3 Å². The Bertz CT molecular complexity index is 2820. The molecule has 0 radical (unpaired) electrons. The number of Topliss-reactive ketones (excluding diaryl/α,β-unsaturated/α-hetero) is 1. The van der Waals surface area contributed by atoms with Crippen LogP contribution in [-0.4, -0.2) is 122 Å². The van der Waals surface area contributed by atoms with Gasteiger partial charge >= 0.3 is 5.97 Å². The van der Waals surface area contributed by atoms with Crippen molar-refractivity contribution in [2.75, 3.05) is 73.5 Å². The molecule has 7 heterocycles. The Kier molecular flexibility index (Phi) is 49.0. The second-order valence-corrected chi connectivity index (χ2v) is 25.7. The molecule has 1 aliphatic heterocycles. The molecule has 15 N–H and O–H groups in total. The molecule has 6 aromatic rings. The minimum atomic E-state index is -3.12. The van der Waals surface area contributed by atoms with Crippen LogP contribution in [0.25, 0.3) is 0 Å². The molecular formula is C65H120N16O11S. The van der Waals surface area contributed by atoms with Gasteiger partial charge in [-0.05, 0) is 25.7 Å². The van der Waals surface area contributed by atoms with E-state index >= 15 is 0 Å². The number of aromatic amines is 2. The normalized spacial score (nSPS) is 11.2. The number of cyclic esters (lactones) is 1. The summed E-state index contributed by atoms with van der Waals surface area (Å²) < 4.78 is 48.9. The highest BCUT2D eigenvalue weighted by molar-refractivity contribution is 7.88.